The van der Waals surface area contributed by atoms with E-state index in [9.17, 15) is 4.39 Å². The quantitative estimate of drug-likeness (QED) is 0.861. The summed E-state index contributed by atoms with van der Waals surface area (Å²) in [6.07, 6.45) is 0. The second kappa shape index (κ2) is 5.45. The first-order chi connectivity index (χ1) is 7.11. The van der Waals surface area contributed by atoms with E-state index in [1.807, 2.05) is 18.9 Å². The minimum Gasteiger partial charge on any atom is -0.329 e. The number of hydrogen-bond acceptors (Lipinski definition) is 2. The molecule has 0 fully saturated rings. The van der Waals surface area contributed by atoms with E-state index in [4.69, 9.17) is 17.3 Å². The van der Waals surface area contributed by atoms with Crippen LogP contribution in [0.3, 0.4) is 0 Å². The summed E-state index contributed by atoms with van der Waals surface area (Å²) >= 11 is 5.73. The Balaban J connectivity index is 3.07. The van der Waals surface area contributed by atoms with Crippen molar-refractivity contribution in [1.29, 1.82) is 0 Å². The summed E-state index contributed by atoms with van der Waals surface area (Å²) in [6, 6.07) is 4.89. The van der Waals surface area contributed by atoms with E-state index in [-0.39, 0.29) is 16.9 Å². The summed E-state index contributed by atoms with van der Waals surface area (Å²) in [5.41, 5.74) is 6.21. The maximum atomic E-state index is 13.7. The molecule has 0 heterocycles. The molecule has 1 unspecified atom stereocenters. The van der Waals surface area contributed by atoms with Crippen molar-refractivity contribution in [2.24, 2.45) is 5.73 Å². The third-order valence-corrected chi connectivity index (χ3v) is 2.89. The van der Waals surface area contributed by atoms with Crippen LogP contribution in [0.1, 0.15) is 18.5 Å². The number of nitrogens with two attached hydrogens (primary N) is 1. The molecule has 1 atom stereocenters. The van der Waals surface area contributed by atoms with E-state index in [1.54, 1.807) is 18.2 Å². The van der Waals surface area contributed by atoms with Crippen LogP contribution in [0.4, 0.5) is 4.39 Å². The summed E-state index contributed by atoms with van der Waals surface area (Å²) in [5, 5.41) is 0.149. The number of rotatable bonds is 4. The monoisotopic (exact) mass is 230 g/mol. The Morgan fingerprint density at radius 3 is 2.73 bits per heavy atom. The van der Waals surface area contributed by atoms with Crippen LogP contribution < -0.4 is 5.73 Å². The zero-order valence-electron chi connectivity index (χ0n) is 9.00. The van der Waals surface area contributed by atoms with Crippen molar-refractivity contribution in [3.8, 4) is 0 Å². The SMILES string of the molecule is CCN(C)C(CN)c1cccc(Cl)c1F. The first-order valence-corrected chi connectivity index (χ1v) is 5.33. The fourth-order valence-electron chi connectivity index (χ4n) is 1.54. The minimum absolute atomic E-state index is 0.117. The molecule has 0 aliphatic heterocycles. The standard InChI is InChI=1S/C11H16ClFN2/c1-3-15(2)10(7-14)8-5-4-6-9(12)11(8)13/h4-6,10H,3,7,14H2,1-2H3. The number of likely N-dealkylation sites (N-methyl/N-ethyl adjacent to an activating group) is 1. The van der Waals surface area contributed by atoms with Gasteiger partial charge in [-0.2, -0.15) is 0 Å². The minimum atomic E-state index is -0.366. The zero-order chi connectivity index (χ0) is 11.4. The summed E-state index contributed by atoms with van der Waals surface area (Å²) in [7, 11) is 1.91. The van der Waals surface area contributed by atoms with Crippen LogP contribution >= 0.6 is 11.6 Å². The molecule has 4 heteroatoms. The van der Waals surface area contributed by atoms with Gasteiger partial charge in [0.15, 0.2) is 0 Å². The molecule has 1 aromatic carbocycles. The van der Waals surface area contributed by atoms with E-state index >= 15 is 0 Å². The molecule has 0 aliphatic rings. The van der Waals surface area contributed by atoms with Crippen LogP contribution in [0.25, 0.3) is 0 Å². The van der Waals surface area contributed by atoms with Crippen LogP contribution in [0, 0.1) is 5.82 Å². The first-order valence-electron chi connectivity index (χ1n) is 4.96. The topological polar surface area (TPSA) is 29.3 Å². The molecule has 0 aromatic heterocycles. The molecule has 0 radical (unpaired) electrons. The van der Waals surface area contributed by atoms with Gasteiger partial charge in [0.1, 0.15) is 5.82 Å². The highest BCUT2D eigenvalue weighted by Crippen LogP contribution is 2.25. The second-order valence-corrected chi connectivity index (χ2v) is 3.87. The average Bonchev–Trinajstić information content (AvgIpc) is 2.24. The Bertz CT molecular complexity index is 330. The second-order valence-electron chi connectivity index (χ2n) is 3.47. The molecule has 0 saturated carbocycles. The number of halogens is 2. The maximum absolute atomic E-state index is 13.7. The summed E-state index contributed by atoms with van der Waals surface area (Å²) < 4.78 is 13.7. The molecule has 0 amide bonds. The summed E-state index contributed by atoms with van der Waals surface area (Å²) in [6.45, 7) is 3.19. The highest BCUT2D eigenvalue weighted by Gasteiger charge is 2.18. The van der Waals surface area contributed by atoms with Crippen LogP contribution in [0.2, 0.25) is 5.02 Å². The molecule has 0 aliphatic carbocycles. The average molecular weight is 231 g/mol. The van der Waals surface area contributed by atoms with Crippen molar-refractivity contribution >= 4 is 11.6 Å². The Hall–Kier alpha value is -0.640. The van der Waals surface area contributed by atoms with Gasteiger partial charge in [-0.1, -0.05) is 30.7 Å². The summed E-state index contributed by atoms with van der Waals surface area (Å²) in [4.78, 5) is 1.99. The molecule has 0 bridgehead atoms. The highest BCUT2D eigenvalue weighted by atomic mass is 35.5. The number of hydrogen-bond donors (Lipinski definition) is 1. The first kappa shape index (κ1) is 12.4. The van der Waals surface area contributed by atoms with E-state index in [0.717, 1.165) is 6.54 Å². The van der Waals surface area contributed by atoms with E-state index in [1.165, 1.54) is 0 Å². The molecular weight excluding hydrogens is 215 g/mol. The Morgan fingerprint density at radius 1 is 1.53 bits per heavy atom. The number of benzene rings is 1. The lowest BCUT2D eigenvalue weighted by atomic mass is 10.1. The van der Waals surface area contributed by atoms with Crippen molar-refractivity contribution in [3.05, 3.63) is 34.6 Å². The fourth-order valence-corrected chi connectivity index (χ4v) is 1.72. The predicted octanol–water partition coefficient (Wildman–Crippen LogP) is 2.43. The van der Waals surface area contributed by atoms with Crippen LogP contribution in [-0.4, -0.2) is 25.0 Å². The lowest BCUT2D eigenvalue weighted by molar-refractivity contribution is 0.258. The van der Waals surface area contributed by atoms with E-state index < -0.39 is 0 Å². The van der Waals surface area contributed by atoms with Gasteiger partial charge in [0.05, 0.1) is 5.02 Å². The van der Waals surface area contributed by atoms with Crippen molar-refractivity contribution in [2.75, 3.05) is 20.1 Å². The van der Waals surface area contributed by atoms with Crippen LogP contribution in [0.5, 0.6) is 0 Å². The molecule has 0 saturated heterocycles. The van der Waals surface area contributed by atoms with Crippen LogP contribution in [0.15, 0.2) is 18.2 Å². The van der Waals surface area contributed by atoms with Gasteiger partial charge in [-0.3, -0.25) is 4.90 Å². The molecule has 2 N–H and O–H groups in total. The van der Waals surface area contributed by atoms with Crippen molar-refractivity contribution < 1.29 is 4.39 Å². The van der Waals surface area contributed by atoms with Crippen molar-refractivity contribution in [3.63, 3.8) is 0 Å². The van der Waals surface area contributed by atoms with Gasteiger partial charge in [0.2, 0.25) is 0 Å². The largest absolute Gasteiger partial charge is 0.329 e. The molecule has 0 spiro atoms. The van der Waals surface area contributed by atoms with Gasteiger partial charge >= 0.3 is 0 Å². The zero-order valence-corrected chi connectivity index (χ0v) is 9.76. The van der Waals surface area contributed by atoms with Crippen molar-refractivity contribution in [2.45, 2.75) is 13.0 Å². The molecule has 1 rings (SSSR count). The lowest BCUT2D eigenvalue weighted by Crippen LogP contribution is -2.31. The van der Waals surface area contributed by atoms with Gasteiger partial charge in [0.25, 0.3) is 0 Å². The molecule has 84 valence electrons. The fraction of sp³-hybridized carbons (Fsp3) is 0.455. The van der Waals surface area contributed by atoms with Gasteiger partial charge < -0.3 is 5.73 Å². The van der Waals surface area contributed by atoms with Crippen molar-refractivity contribution in [1.82, 2.24) is 4.90 Å². The normalized spacial score (nSPS) is 13.2. The lowest BCUT2D eigenvalue weighted by Gasteiger charge is -2.26. The third-order valence-electron chi connectivity index (χ3n) is 2.59. The number of nitrogens with zero attached hydrogens (tertiary/aromatic N) is 1. The highest BCUT2D eigenvalue weighted by molar-refractivity contribution is 6.30. The molecular formula is C11H16ClFN2. The Morgan fingerprint density at radius 2 is 2.20 bits per heavy atom. The molecule has 15 heavy (non-hydrogen) atoms. The van der Waals surface area contributed by atoms with Gasteiger partial charge in [-0.25, -0.2) is 4.39 Å². The van der Waals surface area contributed by atoms with Gasteiger partial charge in [-0.15, -0.1) is 0 Å². The smallest absolute Gasteiger partial charge is 0.146 e. The molecule has 1 aromatic rings. The van der Waals surface area contributed by atoms with Gasteiger partial charge in [0, 0.05) is 18.2 Å². The third kappa shape index (κ3) is 2.68. The summed E-state index contributed by atoms with van der Waals surface area (Å²) in [5.74, 6) is -0.366. The van der Waals surface area contributed by atoms with E-state index in [0.29, 0.717) is 12.1 Å². The van der Waals surface area contributed by atoms with Crippen LogP contribution in [-0.2, 0) is 0 Å². The maximum Gasteiger partial charge on any atom is 0.146 e. The van der Waals surface area contributed by atoms with Gasteiger partial charge in [-0.05, 0) is 19.7 Å². The predicted molar refractivity (Wildman–Crippen MR) is 61.5 cm³/mol. The van der Waals surface area contributed by atoms with E-state index in [2.05, 4.69) is 0 Å². The molecule has 2 nitrogen and oxygen atoms in total. The Labute approximate surface area is 94.8 Å². The Kier molecular flexibility index (Phi) is 4.51.